The maximum atomic E-state index is 11.0. The van der Waals surface area contributed by atoms with Gasteiger partial charge >= 0.3 is 5.97 Å². The molecule has 0 saturated carbocycles. The number of nitrogens with two attached hydrogens (primary N) is 1. The summed E-state index contributed by atoms with van der Waals surface area (Å²) in [5.41, 5.74) is 6.64. The highest BCUT2D eigenvalue weighted by Gasteiger charge is 2.00. The van der Waals surface area contributed by atoms with E-state index in [1.54, 1.807) is 6.92 Å². The Bertz CT molecular complexity index is 306. The Morgan fingerprint density at radius 2 is 2.00 bits per heavy atom. The van der Waals surface area contributed by atoms with Crippen molar-refractivity contribution < 1.29 is 9.53 Å². The highest BCUT2D eigenvalue weighted by molar-refractivity contribution is 5.71. The van der Waals surface area contributed by atoms with Crippen LogP contribution in [0, 0.1) is 0 Å². The van der Waals surface area contributed by atoms with Gasteiger partial charge in [0.25, 0.3) is 0 Å². The van der Waals surface area contributed by atoms with Gasteiger partial charge in [-0.05, 0) is 37.1 Å². The van der Waals surface area contributed by atoms with Crippen molar-refractivity contribution in [1.29, 1.82) is 0 Å². The first-order chi connectivity index (χ1) is 7.26. The minimum absolute atomic E-state index is 0.204. The van der Waals surface area contributed by atoms with Crippen LogP contribution in [0.4, 0.5) is 0 Å². The number of aryl methyl sites for hydroxylation is 1. The van der Waals surface area contributed by atoms with Crippen LogP contribution < -0.4 is 10.5 Å². The van der Waals surface area contributed by atoms with Crippen LogP contribution in [0.5, 0.6) is 5.75 Å². The molecule has 0 heterocycles. The molecule has 0 saturated heterocycles. The van der Waals surface area contributed by atoms with Gasteiger partial charge in [0, 0.05) is 6.42 Å². The Morgan fingerprint density at radius 1 is 1.33 bits per heavy atom. The predicted octanol–water partition coefficient (Wildman–Crippen LogP) is 1.89. The third-order valence-corrected chi connectivity index (χ3v) is 2.11. The number of esters is 1. The molecule has 0 aliphatic carbocycles. The van der Waals surface area contributed by atoms with Crippen LogP contribution in [-0.2, 0) is 11.2 Å². The number of ether oxygens (including phenoxy) is 1. The fourth-order valence-electron chi connectivity index (χ4n) is 1.23. The molecule has 0 aliphatic heterocycles. The number of hydrogen-bond donors (Lipinski definition) is 1. The molecule has 2 N–H and O–H groups in total. The molecule has 1 rings (SSSR count). The molecule has 1 aromatic rings. The van der Waals surface area contributed by atoms with Crippen molar-refractivity contribution in [2.75, 3.05) is 6.54 Å². The van der Waals surface area contributed by atoms with E-state index >= 15 is 0 Å². The lowest BCUT2D eigenvalue weighted by atomic mass is 10.1. The quantitative estimate of drug-likeness (QED) is 0.592. The first-order valence-electron chi connectivity index (χ1n) is 5.26. The molecule has 0 aromatic heterocycles. The molecule has 0 unspecified atom stereocenters. The minimum atomic E-state index is -0.204. The first kappa shape index (κ1) is 11.7. The Hall–Kier alpha value is -1.35. The standard InChI is InChI=1S/C12H17NO2/c1-2-12(14)15-11-7-5-10(6-8-11)4-3-9-13/h5-8H,2-4,9,13H2,1H3. The summed E-state index contributed by atoms with van der Waals surface area (Å²) in [6.07, 6.45) is 2.35. The van der Waals surface area contributed by atoms with E-state index < -0.39 is 0 Å². The van der Waals surface area contributed by atoms with Crippen molar-refractivity contribution in [3.8, 4) is 5.75 Å². The lowest BCUT2D eigenvalue weighted by Crippen LogP contribution is -2.05. The van der Waals surface area contributed by atoms with E-state index in [2.05, 4.69) is 0 Å². The third-order valence-electron chi connectivity index (χ3n) is 2.11. The van der Waals surface area contributed by atoms with Crippen LogP contribution in [0.25, 0.3) is 0 Å². The van der Waals surface area contributed by atoms with Crippen molar-refractivity contribution in [3.63, 3.8) is 0 Å². The summed E-state index contributed by atoms with van der Waals surface area (Å²) in [5, 5.41) is 0. The molecule has 1 aromatic carbocycles. The van der Waals surface area contributed by atoms with Crippen LogP contribution in [0.1, 0.15) is 25.3 Å². The molecule has 0 spiro atoms. The van der Waals surface area contributed by atoms with E-state index in [0.29, 0.717) is 18.7 Å². The topological polar surface area (TPSA) is 52.3 Å². The van der Waals surface area contributed by atoms with Crippen molar-refractivity contribution >= 4 is 5.97 Å². The summed E-state index contributed by atoms with van der Waals surface area (Å²) < 4.78 is 5.06. The smallest absolute Gasteiger partial charge is 0.310 e. The molecule has 82 valence electrons. The summed E-state index contributed by atoms with van der Waals surface area (Å²) in [6.45, 7) is 2.48. The average Bonchev–Trinajstić information content (AvgIpc) is 2.28. The Balaban J connectivity index is 2.52. The van der Waals surface area contributed by atoms with Gasteiger partial charge in [0.2, 0.25) is 0 Å². The second kappa shape index (κ2) is 6.19. The predicted molar refractivity (Wildman–Crippen MR) is 59.7 cm³/mol. The molecule has 0 aliphatic rings. The number of carbonyl (C=O) groups is 1. The maximum absolute atomic E-state index is 11.0. The van der Waals surface area contributed by atoms with Crippen LogP contribution in [0.2, 0.25) is 0 Å². The van der Waals surface area contributed by atoms with E-state index in [9.17, 15) is 4.79 Å². The molecule has 0 bridgehead atoms. The van der Waals surface area contributed by atoms with Crippen LogP contribution in [0.3, 0.4) is 0 Å². The van der Waals surface area contributed by atoms with Gasteiger partial charge in [0.15, 0.2) is 0 Å². The zero-order valence-corrected chi connectivity index (χ0v) is 9.03. The van der Waals surface area contributed by atoms with Crippen molar-refractivity contribution in [3.05, 3.63) is 29.8 Å². The number of rotatable bonds is 5. The summed E-state index contributed by atoms with van der Waals surface area (Å²) >= 11 is 0. The van der Waals surface area contributed by atoms with Gasteiger partial charge in [-0.15, -0.1) is 0 Å². The molecule has 0 radical (unpaired) electrons. The summed E-state index contributed by atoms with van der Waals surface area (Å²) in [6, 6.07) is 7.57. The average molecular weight is 207 g/mol. The van der Waals surface area contributed by atoms with Crippen molar-refractivity contribution in [2.24, 2.45) is 5.73 Å². The lowest BCUT2D eigenvalue weighted by molar-refractivity contribution is -0.134. The minimum Gasteiger partial charge on any atom is -0.427 e. The van der Waals surface area contributed by atoms with Gasteiger partial charge in [0.1, 0.15) is 5.75 Å². The highest BCUT2D eigenvalue weighted by Crippen LogP contribution is 2.13. The van der Waals surface area contributed by atoms with Crippen LogP contribution >= 0.6 is 0 Å². The molecule has 0 fully saturated rings. The summed E-state index contributed by atoms with van der Waals surface area (Å²) in [4.78, 5) is 11.0. The highest BCUT2D eigenvalue weighted by atomic mass is 16.5. The molecular weight excluding hydrogens is 190 g/mol. The largest absolute Gasteiger partial charge is 0.427 e. The molecule has 0 amide bonds. The van der Waals surface area contributed by atoms with E-state index in [0.717, 1.165) is 12.8 Å². The Morgan fingerprint density at radius 3 is 2.53 bits per heavy atom. The molecule has 15 heavy (non-hydrogen) atoms. The second-order valence-electron chi connectivity index (χ2n) is 3.36. The normalized spacial score (nSPS) is 10.0. The number of carbonyl (C=O) groups excluding carboxylic acids is 1. The van der Waals surface area contributed by atoms with Gasteiger partial charge in [-0.25, -0.2) is 0 Å². The molecule has 0 atom stereocenters. The maximum Gasteiger partial charge on any atom is 0.310 e. The van der Waals surface area contributed by atoms with Crippen LogP contribution in [0.15, 0.2) is 24.3 Å². The molecule has 3 nitrogen and oxygen atoms in total. The molecule has 3 heteroatoms. The molecular formula is C12H17NO2. The zero-order chi connectivity index (χ0) is 11.1. The fourth-order valence-corrected chi connectivity index (χ4v) is 1.23. The lowest BCUT2D eigenvalue weighted by Gasteiger charge is -2.04. The number of hydrogen-bond acceptors (Lipinski definition) is 3. The summed E-state index contributed by atoms with van der Waals surface area (Å²) in [7, 11) is 0. The third kappa shape index (κ3) is 4.13. The van der Waals surface area contributed by atoms with Crippen molar-refractivity contribution in [1.82, 2.24) is 0 Å². The van der Waals surface area contributed by atoms with Gasteiger partial charge in [0.05, 0.1) is 0 Å². The second-order valence-corrected chi connectivity index (χ2v) is 3.36. The zero-order valence-electron chi connectivity index (χ0n) is 9.03. The van der Waals surface area contributed by atoms with E-state index in [-0.39, 0.29) is 5.97 Å². The summed E-state index contributed by atoms with van der Waals surface area (Å²) in [5.74, 6) is 0.406. The van der Waals surface area contributed by atoms with Gasteiger partial charge in [-0.3, -0.25) is 4.79 Å². The van der Waals surface area contributed by atoms with E-state index in [1.165, 1.54) is 5.56 Å². The van der Waals surface area contributed by atoms with E-state index in [4.69, 9.17) is 10.5 Å². The Kier molecular flexibility index (Phi) is 4.84. The van der Waals surface area contributed by atoms with Gasteiger partial charge < -0.3 is 10.5 Å². The van der Waals surface area contributed by atoms with Gasteiger partial charge in [-0.1, -0.05) is 19.1 Å². The first-order valence-corrected chi connectivity index (χ1v) is 5.26. The van der Waals surface area contributed by atoms with E-state index in [1.807, 2.05) is 24.3 Å². The van der Waals surface area contributed by atoms with Crippen molar-refractivity contribution in [2.45, 2.75) is 26.2 Å². The van der Waals surface area contributed by atoms with Crippen LogP contribution in [-0.4, -0.2) is 12.5 Å². The SMILES string of the molecule is CCC(=O)Oc1ccc(CCCN)cc1. The Labute approximate surface area is 90.2 Å². The monoisotopic (exact) mass is 207 g/mol. The van der Waals surface area contributed by atoms with Gasteiger partial charge in [-0.2, -0.15) is 0 Å². The fraction of sp³-hybridized carbons (Fsp3) is 0.417. The number of benzene rings is 1.